The molecule has 5 rings (SSSR count). The third-order valence-corrected chi connectivity index (χ3v) is 6.90. The fourth-order valence-electron chi connectivity index (χ4n) is 5.15. The fraction of sp³-hybridized carbons (Fsp3) is 0.423. The number of anilines is 3. The minimum atomic E-state index is -0.256. The third-order valence-electron chi connectivity index (χ3n) is 6.90. The number of aromatic nitrogens is 4. The molecule has 1 aliphatic carbocycles. The average molecular weight is 489 g/mol. The Hall–Kier alpha value is -3.79. The maximum absolute atomic E-state index is 13.4. The first-order valence-electron chi connectivity index (χ1n) is 12.5. The van der Waals surface area contributed by atoms with E-state index >= 15 is 0 Å². The molecular formula is C26H32N8O2. The van der Waals surface area contributed by atoms with Crippen LogP contribution in [0.5, 0.6) is 0 Å². The molecule has 0 amide bonds. The van der Waals surface area contributed by atoms with E-state index in [0.29, 0.717) is 23.0 Å². The van der Waals surface area contributed by atoms with Crippen LogP contribution >= 0.6 is 0 Å². The highest BCUT2D eigenvalue weighted by molar-refractivity contribution is 5.99. The molecule has 2 aliphatic rings. The van der Waals surface area contributed by atoms with Crippen LogP contribution in [0, 0.1) is 6.92 Å². The van der Waals surface area contributed by atoms with E-state index in [1.807, 2.05) is 29.5 Å². The molecule has 0 radical (unpaired) electrons. The molecule has 36 heavy (non-hydrogen) atoms. The molecule has 10 nitrogen and oxygen atoms in total. The van der Waals surface area contributed by atoms with Crippen molar-refractivity contribution in [2.75, 3.05) is 30.0 Å². The molecule has 0 spiro atoms. The summed E-state index contributed by atoms with van der Waals surface area (Å²) in [7, 11) is 0. The highest BCUT2D eigenvalue weighted by Crippen LogP contribution is 2.32. The first-order chi connectivity index (χ1) is 17.5. The SMILES string of the molecule is CCNN1C=CCN(c2ccc(Nc3ncc4c(C)c(C(C)=O)c(=O)n(C5CCCC5)c4n3)nc2)C1. The number of fused-ring (bicyclic) bond motifs is 1. The van der Waals surface area contributed by atoms with Crippen molar-refractivity contribution in [2.24, 2.45) is 0 Å². The fourth-order valence-corrected chi connectivity index (χ4v) is 5.15. The minimum absolute atomic E-state index is 0.0409. The number of carbonyl (C=O) groups excluding carboxylic acids is 1. The molecule has 10 heteroatoms. The number of hydrogen-bond acceptors (Lipinski definition) is 9. The van der Waals surface area contributed by atoms with Gasteiger partial charge in [0.25, 0.3) is 5.56 Å². The van der Waals surface area contributed by atoms with E-state index in [1.54, 1.807) is 17.7 Å². The van der Waals surface area contributed by atoms with E-state index in [2.05, 4.69) is 38.6 Å². The van der Waals surface area contributed by atoms with Crippen LogP contribution in [0.1, 0.15) is 61.5 Å². The number of nitrogens with one attached hydrogen (secondary N) is 2. The monoisotopic (exact) mass is 488 g/mol. The molecule has 0 bridgehead atoms. The molecule has 188 valence electrons. The molecule has 0 saturated heterocycles. The van der Waals surface area contributed by atoms with Gasteiger partial charge in [0, 0.05) is 36.9 Å². The Morgan fingerprint density at radius 2 is 1.97 bits per heavy atom. The van der Waals surface area contributed by atoms with Crippen LogP contribution in [0.3, 0.4) is 0 Å². The molecule has 4 heterocycles. The van der Waals surface area contributed by atoms with E-state index in [4.69, 9.17) is 4.98 Å². The van der Waals surface area contributed by atoms with Crippen LogP contribution in [-0.2, 0) is 0 Å². The molecule has 0 unspecified atom stereocenters. The Bertz CT molecular complexity index is 1360. The summed E-state index contributed by atoms with van der Waals surface area (Å²) >= 11 is 0. The van der Waals surface area contributed by atoms with Gasteiger partial charge in [0.15, 0.2) is 5.78 Å². The molecule has 1 saturated carbocycles. The third kappa shape index (κ3) is 4.56. The van der Waals surface area contributed by atoms with Gasteiger partial charge in [0.05, 0.1) is 17.4 Å². The summed E-state index contributed by atoms with van der Waals surface area (Å²) in [5.41, 5.74) is 5.48. The van der Waals surface area contributed by atoms with Crippen molar-refractivity contribution in [1.29, 1.82) is 0 Å². The molecule has 3 aromatic heterocycles. The second-order valence-electron chi connectivity index (χ2n) is 9.36. The molecule has 0 atom stereocenters. The normalized spacial score (nSPS) is 16.2. The van der Waals surface area contributed by atoms with Gasteiger partial charge < -0.3 is 10.2 Å². The number of ketones is 1. The first-order valence-corrected chi connectivity index (χ1v) is 12.5. The highest BCUT2D eigenvalue weighted by Gasteiger charge is 2.26. The van der Waals surface area contributed by atoms with Gasteiger partial charge in [-0.25, -0.2) is 15.4 Å². The van der Waals surface area contributed by atoms with E-state index in [9.17, 15) is 9.59 Å². The average Bonchev–Trinajstić information content (AvgIpc) is 3.39. The van der Waals surface area contributed by atoms with Crippen molar-refractivity contribution in [3.63, 3.8) is 0 Å². The Morgan fingerprint density at radius 3 is 2.67 bits per heavy atom. The second-order valence-corrected chi connectivity index (χ2v) is 9.36. The van der Waals surface area contributed by atoms with Crippen molar-refractivity contribution in [1.82, 2.24) is 30.0 Å². The van der Waals surface area contributed by atoms with Crippen molar-refractivity contribution >= 4 is 34.3 Å². The lowest BCUT2D eigenvalue weighted by atomic mass is 10.0. The predicted molar refractivity (Wildman–Crippen MR) is 140 cm³/mol. The largest absolute Gasteiger partial charge is 0.348 e. The number of carbonyl (C=O) groups is 1. The Kier molecular flexibility index (Phi) is 6.69. The summed E-state index contributed by atoms with van der Waals surface area (Å²) in [6, 6.07) is 3.95. The molecule has 1 fully saturated rings. The van der Waals surface area contributed by atoms with Crippen LogP contribution in [0.15, 0.2) is 41.6 Å². The lowest BCUT2D eigenvalue weighted by Crippen LogP contribution is -2.45. The lowest BCUT2D eigenvalue weighted by Gasteiger charge is -2.33. The van der Waals surface area contributed by atoms with Gasteiger partial charge in [-0.05, 0) is 50.5 Å². The lowest BCUT2D eigenvalue weighted by molar-refractivity contribution is 0.101. The van der Waals surface area contributed by atoms with E-state index in [1.165, 1.54) is 6.92 Å². The number of pyridine rings is 2. The summed E-state index contributed by atoms with van der Waals surface area (Å²) in [6.45, 7) is 7.70. The zero-order valence-corrected chi connectivity index (χ0v) is 21.0. The topological polar surface area (TPSA) is 108 Å². The van der Waals surface area contributed by atoms with Crippen LogP contribution in [0.4, 0.5) is 17.5 Å². The molecule has 0 aromatic carbocycles. The smallest absolute Gasteiger partial charge is 0.263 e. The quantitative estimate of drug-likeness (QED) is 0.482. The minimum Gasteiger partial charge on any atom is -0.348 e. The van der Waals surface area contributed by atoms with Crippen LogP contribution in [0.25, 0.3) is 11.0 Å². The molecule has 1 aliphatic heterocycles. The van der Waals surface area contributed by atoms with Crippen molar-refractivity contribution < 1.29 is 4.79 Å². The van der Waals surface area contributed by atoms with Crippen LogP contribution < -0.4 is 21.2 Å². The van der Waals surface area contributed by atoms with Crippen molar-refractivity contribution in [3.8, 4) is 0 Å². The zero-order chi connectivity index (χ0) is 25.2. The van der Waals surface area contributed by atoms with E-state index in [0.717, 1.165) is 56.5 Å². The summed E-state index contributed by atoms with van der Waals surface area (Å²) in [6.07, 6.45) is 11.6. The second kappa shape index (κ2) is 10.1. The van der Waals surface area contributed by atoms with Gasteiger partial charge in [-0.15, -0.1) is 0 Å². The summed E-state index contributed by atoms with van der Waals surface area (Å²) < 4.78 is 1.72. The number of hydrogen-bond donors (Lipinski definition) is 2. The number of aryl methyl sites for hydroxylation is 1. The predicted octanol–water partition coefficient (Wildman–Crippen LogP) is 3.67. The van der Waals surface area contributed by atoms with Gasteiger partial charge in [0.1, 0.15) is 18.1 Å². The Morgan fingerprint density at radius 1 is 1.17 bits per heavy atom. The summed E-state index contributed by atoms with van der Waals surface area (Å²) in [5, 5.41) is 5.95. The standard InChI is InChI=1S/C26H32N8O2/c1-4-29-33-13-7-12-32(16-33)20-10-11-22(27-14-20)30-26-28-15-21-17(2)23(18(3)35)25(36)34(24(21)31-26)19-8-5-6-9-19/h7,10-11,13-15,19,29H,4-6,8-9,12,16H2,1-3H3,(H,27,28,30,31). The van der Waals surface area contributed by atoms with Crippen LogP contribution in [0.2, 0.25) is 0 Å². The highest BCUT2D eigenvalue weighted by atomic mass is 16.1. The summed E-state index contributed by atoms with van der Waals surface area (Å²) in [5.74, 6) is 0.750. The van der Waals surface area contributed by atoms with Crippen LogP contribution in [-0.4, -0.2) is 50.1 Å². The molecule has 2 N–H and O–H groups in total. The molecular weight excluding hydrogens is 456 g/mol. The number of hydrazine groups is 1. The number of rotatable bonds is 7. The van der Waals surface area contributed by atoms with Crippen molar-refractivity contribution in [2.45, 2.75) is 52.5 Å². The first kappa shape index (κ1) is 23.9. The van der Waals surface area contributed by atoms with E-state index < -0.39 is 0 Å². The number of Topliss-reactive ketones (excluding diaryl/α,β-unsaturated/α-hetero) is 1. The van der Waals surface area contributed by atoms with Crippen molar-refractivity contribution in [3.05, 3.63) is 58.3 Å². The van der Waals surface area contributed by atoms with Gasteiger partial charge in [0.2, 0.25) is 5.95 Å². The van der Waals surface area contributed by atoms with Gasteiger partial charge in [-0.2, -0.15) is 4.98 Å². The Labute approximate surface area is 210 Å². The Balaban J connectivity index is 1.44. The van der Waals surface area contributed by atoms with Gasteiger partial charge in [-0.3, -0.25) is 19.2 Å². The summed E-state index contributed by atoms with van der Waals surface area (Å²) in [4.78, 5) is 41.7. The van der Waals surface area contributed by atoms with Gasteiger partial charge in [-0.1, -0.05) is 19.8 Å². The maximum Gasteiger partial charge on any atom is 0.263 e. The molecule has 3 aromatic rings. The van der Waals surface area contributed by atoms with E-state index in [-0.39, 0.29) is 22.9 Å². The zero-order valence-electron chi connectivity index (χ0n) is 21.0. The van der Waals surface area contributed by atoms with Gasteiger partial charge >= 0.3 is 0 Å². The maximum atomic E-state index is 13.4. The number of nitrogens with zero attached hydrogens (tertiary/aromatic N) is 6.